The average Bonchev–Trinajstić information content (AvgIpc) is 2.66. The van der Waals surface area contributed by atoms with E-state index in [0.29, 0.717) is 17.6 Å². The van der Waals surface area contributed by atoms with E-state index in [1.54, 1.807) is 12.3 Å². The van der Waals surface area contributed by atoms with Crippen LogP contribution >= 0.6 is 11.6 Å². The lowest BCUT2D eigenvalue weighted by Gasteiger charge is -2.00. The molecule has 0 fully saturated rings. The molecule has 0 N–H and O–H groups in total. The second kappa shape index (κ2) is 4.11. The first-order chi connectivity index (χ1) is 7.16. The van der Waals surface area contributed by atoms with Gasteiger partial charge in [-0.25, -0.2) is 9.98 Å². The average molecular weight is 222 g/mol. The molecule has 1 aliphatic heterocycles. The Morgan fingerprint density at radius 1 is 1.40 bits per heavy atom. The van der Waals surface area contributed by atoms with Crippen LogP contribution in [0.1, 0.15) is 19.4 Å². The van der Waals surface area contributed by atoms with Crippen molar-refractivity contribution in [3.8, 4) is 0 Å². The molecule has 0 unspecified atom stereocenters. The van der Waals surface area contributed by atoms with E-state index in [4.69, 9.17) is 11.6 Å². The van der Waals surface area contributed by atoms with Gasteiger partial charge in [0.25, 0.3) is 0 Å². The van der Waals surface area contributed by atoms with Crippen LogP contribution in [-0.2, 0) is 0 Å². The van der Waals surface area contributed by atoms with Gasteiger partial charge in [0, 0.05) is 17.5 Å². The topological polar surface area (TPSA) is 37.6 Å². The van der Waals surface area contributed by atoms with E-state index in [1.807, 2.05) is 6.07 Å². The number of halogens is 1. The van der Waals surface area contributed by atoms with Gasteiger partial charge in [0.05, 0.1) is 6.54 Å². The van der Waals surface area contributed by atoms with Crippen molar-refractivity contribution in [3.63, 3.8) is 0 Å². The van der Waals surface area contributed by atoms with E-state index < -0.39 is 0 Å². The smallest absolute Gasteiger partial charge is 0.155 e. The van der Waals surface area contributed by atoms with Gasteiger partial charge >= 0.3 is 0 Å². The van der Waals surface area contributed by atoms with Crippen LogP contribution in [0.2, 0.25) is 5.15 Å². The zero-order chi connectivity index (χ0) is 10.8. The molecule has 0 aromatic carbocycles. The minimum Gasteiger partial charge on any atom is -0.260 e. The quantitative estimate of drug-likeness (QED) is 0.708. The number of rotatable bonds is 2. The predicted octanol–water partition coefficient (Wildman–Crippen LogP) is 2.59. The van der Waals surface area contributed by atoms with Crippen LogP contribution in [0, 0.1) is 5.92 Å². The number of nitrogens with zero attached hydrogens (tertiary/aromatic N) is 3. The van der Waals surface area contributed by atoms with Gasteiger partial charge in [-0.1, -0.05) is 25.4 Å². The highest BCUT2D eigenvalue weighted by Gasteiger charge is 2.14. The lowest BCUT2D eigenvalue weighted by atomic mass is 10.1. The molecule has 3 nitrogen and oxygen atoms in total. The van der Waals surface area contributed by atoms with Crippen molar-refractivity contribution >= 4 is 23.1 Å². The fourth-order valence-electron chi connectivity index (χ4n) is 1.37. The molecule has 0 bridgehead atoms. The highest BCUT2D eigenvalue weighted by Crippen LogP contribution is 2.14. The molecular weight excluding hydrogens is 210 g/mol. The number of pyridine rings is 1. The molecule has 0 atom stereocenters. The summed E-state index contributed by atoms with van der Waals surface area (Å²) in [4.78, 5) is 12.8. The molecule has 15 heavy (non-hydrogen) atoms. The minimum absolute atomic E-state index is 0.448. The predicted molar refractivity (Wildman–Crippen MR) is 62.9 cm³/mol. The van der Waals surface area contributed by atoms with Gasteiger partial charge < -0.3 is 0 Å². The zero-order valence-corrected chi connectivity index (χ0v) is 9.49. The lowest BCUT2D eigenvalue weighted by Crippen LogP contribution is -2.07. The van der Waals surface area contributed by atoms with Crippen LogP contribution < -0.4 is 0 Å². The van der Waals surface area contributed by atoms with E-state index >= 15 is 0 Å². The third-order valence-electron chi connectivity index (χ3n) is 2.29. The maximum absolute atomic E-state index is 5.81. The Morgan fingerprint density at radius 3 is 2.80 bits per heavy atom. The van der Waals surface area contributed by atoms with Crippen molar-refractivity contribution in [3.05, 3.63) is 29.0 Å². The van der Waals surface area contributed by atoms with Crippen molar-refractivity contribution in [2.45, 2.75) is 13.8 Å². The Bertz CT molecular complexity index is 435. The van der Waals surface area contributed by atoms with Gasteiger partial charge in [-0.05, 0) is 18.1 Å². The molecule has 0 spiro atoms. The molecule has 1 aromatic heterocycles. The Hall–Kier alpha value is -1.22. The van der Waals surface area contributed by atoms with Gasteiger partial charge in [-0.15, -0.1) is 0 Å². The van der Waals surface area contributed by atoms with E-state index in [-0.39, 0.29) is 0 Å². The molecule has 2 rings (SSSR count). The number of aromatic nitrogens is 1. The number of amidine groups is 1. The first-order valence-electron chi connectivity index (χ1n) is 4.90. The van der Waals surface area contributed by atoms with Crippen molar-refractivity contribution in [2.24, 2.45) is 15.9 Å². The van der Waals surface area contributed by atoms with Crippen LogP contribution in [0.25, 0.3) is 0 Å². The molecule has 0 aliphatic carbocycles. The van der Waals surface area contributed by atoms with E-state index in [0.717, 1.165) is 17.1 Å². The molecule has 0 saturated heterocycles. The van der Waals surface area contributed by atoms with E-state index in [9.17, 15) is 0 Å². The summed E-state index contributed by atoms with van der Waals surface area (Å²) in [5, 5.41) is 0.475. The van der Waals surface area contributed by atoms with Crippen molar-refractivity contribution in [2.75, 3.05) is 6.54 Å². The number of aliphatic imine (C=N–C) groups is 2. The van der Waals surface area contributed by atoms with Gasteiger partial charge in [0.2, 0.25) is 0 Å². The summed E-state index contributed by atoms with van der Waals surface area (Å²) in [6.45, 7) is 4.95. The minimum atomic E-state index is 0.448. The SMILES string of the molecule is CC(C)C1=NC(c2ccnc(Cl)c2)=NC1. The molecule has 1 aliphatic rings. The van der Waals surface area contributed by atoms with E-state index in [1.165, 1.54) is 0 Å². The second-order valence-electron chi connectivity index (χ2n) is 3.76. The standard InChI is InChI=1S/C11H12ClN3/c1-7(2)9-6-14-11(15-9)8-3-4-13-10(12)5-8/h3-5,7H,6H2,1-2H3. The third kappa shape index (κ3) is 2.23. The molecule has 78 valence electrons. The summed E-state index contributed by atoms with van der Waals surface area (Å²) in [6, 6.07) is 3.66. The lowest BCUT2D eigenvalue weighted by molar-refractivity contribution is 0.874. The zero-order valence-electron chi connectivity index (χ0n) is 8.74. The second-order valence-corrected chi connectivity index (χ2v) is 4.15. The maximum atomic E-state index is 5.81. The Kier molecular flexibility index (Phi) is 2.82. The monoisotopic (exact) mass is 221 g/mol. The van der Waals surface area contributed by atoms with E-state index in [2.05, 4.69) is 28.8 Å². The van der Waals surface area contributed by atoms with Crippen LogP contribution in [-0.4, -0.2) is 23.1 Å². The number of hydrogen-bond donors (Lipinski definition) is 0. The molecule has 0 saturated carbocycles. The Balaban J connectivity index is 2.27. The van der Waals surface area contributed by atoms with Gasteiger partial charge in [-0.3, -0.25) is 4.99 Å². The fourth-order valence-corrected chi connectivity index (χ4v) is 1.55. The highest BCUT2D eigenvalue weighted by molar-refractivity contribution is 6.29. The van der Waals surface area contributed by atoms with Crippen LogP contribution in [0.3, 0.4) is 0 Å². The molecule has 2 heterocycles. The van der Waals surface area contributed by atoms with Crippen LogP contribution in [0.5, 0.6) is 0 Å². The van der Waals surface area contributed by atoms with Gasteiger partial charge in [-0.2, -0.15) is 0 Å². The summed E-state index contributed by atoms with van der Waals surface area (Å²) in [7, 11) is 0. The maximum Gasteiger partial charge on any atom is 0.155 e. The summed E-state index contributed by atoms with van der Waals surface area (Å²) in [5.41, 5.74) is 2.06. The largest absolute Gasteiger partial charge is 0.260 e. The van der Waals surface area contributed by atoms with Crippen molar-refractivity contribution in [1.82, 2.24) is 4.98 Å². The first kappa shape index (κ1) is 10.3. The molecular formula is C11H12ClN3. The Morgan fingerprint density at radius 2 is 2.20 bits per heavy atom. The summed E-state index contributed by atoms with van der Waals surface area (Å²) >= 11 is 5.81. The summed E-state index contributed by atoms with van der Waals surface area (Å²) < 4.78 is 0. The van der Waals surface area contributed by atoms with Crippen molar-refractivity contribution < 1.29 is 0 Å². The third-order valence-corrected chi connectivity index (χ3v) is 2.50. The highest BCUT2D eigenvalue weighted by atomic mass is 35.5. The van der Waals surface area contributed by atoms with Crippen LogP contribution in [0.4, 0.5) is 0 Å². The first-order valence-corrected chi connectivity index (χ1v) is 5.28. The van der Waals surface area contributed by atoms with Gasteiger partial charge in [0.15, 0.2) is 5.84 Å². The van der Waals surface area contributed by atoms with Gasteiger partial charge in [0.1, 0.15) is 5.15 Å². The molecule has 1 aromatic rings. The molecule has 4 heteroatoms. The molecule has 0 radical (unpaired) electrons. The summed E-state index contributed by atoms with van der Waals surface area (Å²) in [5.74, 6) is 1.21. The van der Waals surface area contributed by atoms with Crippen molar-refractivity contribution in [1.29, 1.82) is 0 Å². The Labute approximate surface area is 93.9 Å². The normalized spacial score (nSPS) is 15.5. The number of hydrogen-bond acceptors (Lipinski definition) is 3. The molecule has 0 amide bonds. The van der Waals surface area contributed by atoms with Crippen LogP contribution in [0.15, 0.2) is 28.3 Å². The summed E-state index contributed by atoms with van der Waals surface area (Å²) in [6.07, 6.45) is 1.67. The fraction of sp³-hybridized carbons (Fsp3) is 0.364.